The Labute approximate surface area is 121 Å². The third-order valence-electron chi connectivity index (χ3n) is 3.92. The zero-order chi connectivity index (χ0) is 13.1. The molecular weight excluding hydrogens is 260 g/mol. The van der Waals surface area contributed by atoms with E-state index in [0.717, 1.165) is 25.1 Å². The zero-order valence-corrected chi connectivity index (χ0v) is 12.5. The molecule has 1 heterocycles. The van der Waals surface area contributed by atoms with Crippen LogP contribution in [0.3, 0.4) is 0 Å². The van der Waals surface area contributed by atoms with E-state index in [4.69, 9.17) is 5.73 Å². The highest BCUT2D eigenvalue weighted by Crippen LogP contribution is 2.20. The quantitative estimate of drug-likeness (QED) is 0.923. The van der Waals surface area contributed by atoms with Gasteiger partial charge in [0.1, 0.15) is 0 Å². The summed E-state index contributed by atoms with van der Waals surface area (Å²) in [4.78, 5) is 14.2. The fourth-order valence-corrected chi connectivity index (χ4v) is 2.53. The summed E-state index contributed by atoms with van der Waals surface area (Å²) in [6, 6.07) is 8.26. The lowest BCUT2D eigenvalue weighted by Gasteiger charge is -2.18. The smallest absolute Gasteiger partial charge is 0.227 e. The van der Waals surface area contributed by atoms with Crippen LogP contribution in [0.5, 0.6) is 0 Å². The van der Waals surface area contributed by atoms with Gasteiger partial charge in [0.05, 0.1) is 6.42 Å². The maximum atomic E-state index is 12.2. The van der Waals surface area contributed by atoms with Gasteiger partial charge in [-0.15, -0.1) is 12.4 Å². The van der Waals surface area contributed by atoms with Crippen molar-refractivity contribution in [3.63, 3.8) is 0 Å². The minimum atomic E-state index is 0. The SMILES string of the molecule is Cc1ccccc1CC(=O)N1CCC(C(C)N)C1.Cl. The summed E-state index contributed by atoms with van der Waals surface area (Å²) in [6.45, 7) is 5.76. The van der Waals surface area contributed by atoms with E-state index < -0.39 is 0 Å². The van der Waals surface area contributed by atoms with Gasteiger partial charge < -0.3 is 10.6 Å². The number of likely N-dealkylation sites (tertiary alicyclic amines) is 1. The van der Waals surface area contributed by atoms with E-state index in [9.17, 15) is 4.79 Å². The molecule has 106 valence electrons. The number of aryl methyl sites for hydroxylation is 1. The molecule has 2 N–H and O–H groups in total. The summed E-state index contributed by atoms with van der Waals surface area (Å²) in [5, 5.41) is 0. The molecular formula is C15H23ClN2O. The number of nitrogens with two attached hydrogens (primary N) is 1. The lowest BCUT2D eigenvalue weighted by atomic mass is 10.0. The highest BCUT2D eigenvalue weighted by atomic mass is 35.5. The Balaban J connectivity index is 0.00000180. The van der Waals surface area contributed by atoms with Gasteiger partial charge in [-0.3, -0.25) is 4.79 Å². The zero-order valence-electron chi connectivity index (χ0n) is 11.6. The van der Waals surface area contributed by atoms with Crippen LogP contribution < -0.4 is 5.73 Å². The summed E-state index contributed by atoms with van der Waals surface area (Å²) in [6.07, 6.45) is 1.55. The predicted octanol–water partition coefficient (Wildman–Crippen LogP) is 2.16. The molecule has 4 heteroatoms. The molecule has 1 aromatic carbocycles. The largest absolute Gasteiger partial charge is 0.342 e. The van der Waals surface area contributed by atoms with E-state index in [1.165, 1.54) is 5.56 Å². The second-order valence-corrected chi connectivity index (χ2v) is 5.35. The molecule has 0 saturated carbocycles. The van der Waals surface area contributed by atoms with Gasteiger partial charge in [0.2, 0.25) is 5.91 Å². The van der Waals surface area contributed by atoms with E-state index in [1.54, 1.807) is 0 Å². The van der Waals surface area contributed by atoms with Crippen molar-refractivity contribution in [2.24, 2.45) is 11.7 Å². The first-order valence-electron chi connectivity index (χ1n) is 6.66. The number of amides is 1. The number of carbonyl (C=O) groups is 1. The molecule has 0 aromatic heterocycles. The van der Waals surface area contributed by atoms with Crippen LogP contribution in [0.1, 0.15) is 24.5 Å². The van der Waals surface area contributed by atoms with Gasteiger partial charge in [-0.1, -0.05) is 24.3 Å². The Morgan fingerprint density at radius 2 is 2.16 bits per heavy atom. The van der Waals surface area contributed by atoms with E-state index in [-0.39, 0.29) is 24.4 Å². The fourth-order valence-electron chi connectivity index (χ4n) is 2.53. The average Bonchev–Trinajstić information content (AvgIpc) is 2.81. The Hall–Kier alpha value is -1.06. The molecule has 0 spiro atoms. The van der Waals surface area contributed by atoms with E-state index in [1.807, 2.05) is 30.0 Å². The fraction of sp³-hybridized carbons (Fsp3) is 0.533. The normalized spacial score (nSPS) is 19.9. The molecule has 1 aliphatic heterocycles. The molecule has 0 bridgehead atoms. The van der Waals surface area contributed by atoms with Crippen LogP contribution in [-0.4, -0.2) is 29.9 Å². The van der Waals surface area contributed by atoms with Gasteiger partial charge in [0, 0.05) is 19.1 Å². The monoisotopic (exact) mass is 282 g/mol. The van der Waals surface area contributed by atoms with Crippen molar-refractivity contribution < 1.29 is 4.79 Å². The van der Waals surface area contributed by atoms with Crippen molar-refractivity contribution in [3.8, 4) is 0 Å². The highest BCUT2D eigenvalue weighted by Gasteiger charge is 2.28. The minimum absolute atomic E-state index is 0. The Morgan fingerprint density at radius 1 is 1.47 bits per heavy atom. The van der Waals surface area contributed by atoms with Crippen LogP contribution in [0.2, 0.25) is 0 Å². The van der Waals surface area contributed by atoms with E-state index in [2.05, 4.69) is 13.0 Å². The molecule has 1 saturated heterocycles. The lowest BCUT2D eigenvalue weighted by Crippen LogP contribution is -2.33. The first-order chi connectivity index (χ1) is 8.58. The van der Waals surface area contributed by atoms with Crippen LogP contribution in [0.15, 0.2) is 24.3 Å². The van der Waals surface area contributed by atoms with Gasteiger partial charge in [0.15, 0.2) is 0 Å². The van der Waals surface area contributed by atoms with Crippen molar-refractivity contribution in [2.45, 2.75) is 32.7 Å². The summed E-state index contributed by atoms with van der Waals surface area (Å²) >= 11 is 0. The van der Waals surface area contributed by atoms with Crippen LogP contribution in [0.25, 0.3) is 0 Å². The molecule has 19 heavy (non-hydrogen) atoms. The number of benzene rings is 1. The van der Waals surface area contributed by atoms with E-state index >= 15 is 0 Å². The number of rotatable bonds is 3. The second kappa shape index (κ2) is 6.92. The lowest BCUT2D eigenvalue weighted by molar-refractivity contribution is -0.129. The summed E-state index contributed by atoms with van der Waals surface area (Å²) in [7, 11) is 0. The topological polar surface area (TPSA) is 46.3 Å². The van der Waals surface area contributed by atoms with Gasteiger partial charge >= 0.3 is 0 Å². The second-order valence-electron chi connectivity index (χ2n) is 5.35. The third kappa shape index (κ3) is 3.95. The average molecular weight is 283 g/mol. The first-order valence-corrected chi connectivity index (χ1v) is 6.66. The van der Waals surface area contributed by atoms with E-state index in [0.29, 0.717) is 12.3 Å². The van der Waals surface area contributed by atoms with Crippen molar-refractivity contribution >= 4 is 18.3 Å². The molecule has 0 aliphatic carbocycles. The molecule has 2 rings (SSSR count). The number of carbonyl (C=O) groups excluding carboxylic acids is 1. The number of hydrogen-bond acceptors (Lipinski definition) is 2. The standard InChI is InChI=1S/C15H22N2O.ClH/c1-11-5-3-4-6-13(11)9-15(18)17-8-7-14(10-17)12(2)16;/h3-6,12,14H,7-10,16H2,1-2H3;1H. The molecule has 1 aliphatic rings. The molecule has 2 unspecified atom stereocenters. The number of nitrogens with zero attached hydrogens (tertiary/aromatic N) is 1. The number of hydrogen-bond donors (Lipinski definition) is 1. The van der Waals surface area contributed by atoms with Crippen LogP contribution in [0.4, 0.5) is 0 Å². The van der Waals surface area contributed by atoms with Crippen molar-refractivity contribution in [1.29, 1.82) is 0 Å². The Bertz CT molecular complexity index is 434. The molecule has 3 nitrogen and oxygen atoms in total. The molecule has 0 radical (unpaired) electrons. The molecule has 2 atom stereocenters. The van der Waals surface area contributed by atoms with Crippen LogP contribution in [0, 0.1) is 12.8 Å². The van der Waals surface area contributed by atoms with Gasteiger partial charge in [-0.05, 0) is 37.3 Å². The van der Waals surface area contributed by atoms with Gasteiger partial charge in [0.25, 0.3) is 0 Å². The molecule has 1 amide bonds. The predicted molar refractivity (Wildman–Crippen MR) is 80.5 cm³/mol. The van der Waals surface area contributed by atoms with Crippen LogP contribution >= 0.6 is 12.4 Å². The van der Waals surface area contributed by atoms with Crippen molar-refractivity contribution in [3.05, 3.63) is 35.4 Å². The Kier molecular flexibility index (Phi) is 5.83. The molecule has 1 fully saturated rings. The van der Waals surface area contributed by atoms with Crippen molar-refractivity contribution in [2.75, 3.05) is 13.1 Å². The van der Waals surface area contributed by atoms with Gasteiger partial charge in [-0.2, -0.15) is 0 Å². The summed E-state index contributed by atoms with van der Waals surface area (Å²) < 4.78 is 0. The maximum absolute atomic E-state index is 12.2. The van der Waals surface area contributed by atoms with Crippen molar-refractivity contribution in [1.82, 2.24) is 4.90 Å². The summed E-state index contributed by atoms with van der Waals surface area (Å²) in [5.74, 6) is 0.693. The highest BCUT2D eigenvalue weighted by molar-refractivity contribution is 5.85. The maximum Gasteiger partial charge on any atom is 0.227 e. The Morgan fingerprint density at radius 3 is 2.74 bits per heavy atom. The number of halogens is 1. The summed E-state index contributed by atoms with van der Waals surface area (Å²) in [5.41, 5.74) is 8.22. The van der Waals surface area contributed by atoms with Crippen LogP contribution in [-0.2, 0) is 11.2 Å². The molecule has 1 aromatic rings. The minimum Gasteiger partial charge on any atom is -0.342 e. The first kappa shape index (κ1) is 16.0. The van der Waals surface area contributed by atoms with Gasteiger partial charge in [-0.25, -0.2) is 0 Å². The third-order valence-corrected chi connectivity index (χ3v) is 3.92.